The van der Waals surface area contributed by atoms with Gasteiger partial charge in [0.1, 0.15) is 24.2 Å². The van der Waals surface area contributed by atoms with Crippen LogP contribution in [-0.2, 0) is 62.0 Å². The van der Waals surface area contributed by atoms with Gasteiger partial charge in [-0.3, -0.25) is 33.6 Å². The summed E-state index contributed by atoms with van der Waals surface area (Å²) in [6.45, 7) is 29.9. The lowest BCUT2D eigenvalue weighted by molar-refractivity contribution is -0.180. The van der Waals surface area contributed by atoms with Gasteiger partial charge in [-0.1, -0.05) is 105 Å². The van der Waals surface area contributed by atoms with Crippen LogP contribution in [0, 0.1) is 5.92 Å². The SMILES string of the molecule is CCC(C)OCSCCCCCN(C)CCCCCCN(CCCCCC(=O)N(C)CCCCCSCOC(C)CC)C(=O)CCCCCN(C)CCCCCC(=O)N(CCCCCCN(C)CCCCCSCOC(C)CC)CCCCCC(=O)N(C)CCCCCS[C@@H]1OC(COC(C)=O)[C@H](C)[C@@H](OC(C)=O)C1NC(C)=O. The van der Waals surface area contributed by atoms with E-state index in [-0.39, 0.29) is 42.1 Å². The molecule has 1 saturated heterocycles. The molecule has 21 nitrogen and oxygen atoms in total. The molecule has 1 aliphatic rings. The molecule has 5 amide bonds. The van der Waals surface area contributed by atoms with E-state index >= 15 is 0 Å². The maximum absolute atomic E-state index is 14.0. The summed E-state index contributed by atoms with van der Waals surface area (Å²) >= 11 is 7.21. The molecule has 0 aliphatic carbocycles. The molecule has 1 heterocycles. The number of amides is 5. The molecule has 8 atom stereocenters. The smallest absolute Gasteiger partial charge is 0.302 e. The van der Waals surface area contributed by atoms with Crippen molar-refractivity contribution in [2.75, 3.05) is 161 Å². The summed E-state index contributed by atoms with van der Waals surface area (Å²) < 4.78 is 34.8. The zero-order chi connectivity index (χ0) is 84.2. The molecule has 1 aliphatic heterocycles. The van der Waals surface area contributed by atoms with Gasteiger partial charge in [0.25, 0.3) is 0 Å². The van der Waals surface area contributed by atoms with E-state index in [2.05, 4.69) is 92.5 Å². The van der Waals surface area contributed by atoms with Gasteiger partial charge in [-0.15, -0.1) is 47.0 Å². The van der Waals surface area contributed by atoms with Crippen LogP contribution in [-0.4, -0.2) is 279 Å². The van der Waals surface area contributed by atoms with E-state index in [0.29, 0.717) is 50.5 Å². The lowest BCUT2D eigenvalue weighted by Gasteiger charge is -2.45. The van der Waals surface area contributed by atoms with Crippen LogP contribution >= 0.6 is 47.0 Å². The van der Waals surface area contributed by atoms with E-state index in [4.69, 9.17) is 28.4 Å². The maximum Gasteiger partial charge on any atom is 0.302 e. The van der Waals surface area contributed by atoms with E-state index in [1.807, 2.05) is 66.1 Å². The topological polar surface area (TPSA) is 210 Å². The average Bonchev–Trinajstić information content (AvgIpc) is 0.795. The summed E-state index contributed by atoms with van der Waals surface area (Å²) in [4.78, 5) is 106. The van der Waals surface area contributed by atoms with Crippen molar-refractivity contribution in [3.8, 4) is 0 Å². The third-order valence-electron chi connectivity index (χ3n) is 22.1. The number of esters is 2. The number of carbonyl (C=O) groups is 7. The number of carbonyl (C=O) groups excluding carboxylic acids is 7. The van der Waals surface area contributed by atoms with Crippen molar-refractivity contribution in [2.45, 2.75) is 362 Å². The molecule has 0 aromatic carbocycles. The van der Waals surface area contributed by atoms with Gasteiger partial charge in [0.05, 0.1) is 42.2 Å². The predicted octanol–water partition coefficient (Wildman–Crippen LogP) is 18.0. The minimum atomic E-state index is -0.653. The van der Waals surface area contributed by atoms with E-state index in [1.165, 1.54) is 96.1 Å². The molecule has 0 aromatic heterocycles. The molecule has 0 spiro atoms. The summed E-state index contributed by atoms with van der Waals surface area (Å²) in [5.41, 5.74) is -0.517. The van der Waals surface area contributed by atoms with Crippen molar-refractivity contribution in [1.82, 2.24) is 39.6 Å². The van der Waals surface area contributed by atoms with Crippen molar-refractivity contribution < 1.29 is 62.0 Å². The summed E-state index contributed by atoms with van der Waals surface area (Å²) in [5.74, 6) is 5.92. The third-order valence-corrected chi connectivity index (χ3v) is 26.0. The first-order chi connectivity index (χ1) is 54.9. The Morgan fingerprint density at radius 3 is 0.991 bits per heavy atom. The van der Waals surface area contributed by atoms with Crippen LogP contribution in [0.5, 0.6) is 0 Å². The second kappa shape index (κ2) is 74.3. The fourth-order valence-electron chi connectivity index (χ4n) is 13.7. The number of hydrogen-bond donors (Lipinski definition) is 1. The highest BCUT2D eigenvalue weighted by atomic mass is 32.2. The van der Waals surface area contributed by atoms with E-state index in [1.54, 1.807) is 0 Å². The minimum absolute atomic E-state index is 0.0185. The zero-order valence-corrected chi connectivity index (χ0v) is 78.7. The molecule has 1 fully saturated rings. The average molecular weight is 1690 g/mol. The van der Waals surface area contributed by atoms with Gasteiger partial charge in [-0.2, -0.15) is 0 Å². The van der Waals surface area contributed by atoms with Gasteiger partial charge in [0.15, 0.2) is 0 Å². The Balaban J connectivity index is 2.72. The molecule has 0 radical (unpaired) electrons. The number of thioether (sulfide) groups is 4. The van der Waals surface area contributed by atoms with Gasteiger partial charge in [-0.05, 0) is 252 Å². The number of nitrogens with zero attached hydrogens (tertiary/aromatic N) is 7. The minimum Gasteiger partial charge on any atom is -0.463 e. The van der Waals surface area contributed by atoms with Gasteiger partial charge in [0.2, 0.25) is 29.5 Å². The van der Waals surface area contributed by atoms with Crippen molar-refractivity contribution in [1.29, 1.82) is 0 Å². The van der Waals surface area contributed by atoms with E-state index in [9.17, 15) is 33.6 Å². The van der Waals surface area contributed by atoms with Crippen molar-refractivity contribution >= 4 is 88.5 Å². The zero-order valence-electron chi connectivity index (χ0n) is 75.4. The number of hydrogen-bond acceptors (Lipinski definition) is 20. The Bertz CT molecular complexity index is 2390. The largest absolute Gasteiger partial charge is 0.463 e. The molecule has 25 heteroatoms. The van der Waals surface area contributed by atoms with Crippen molar-refractivity contribution in [2.24, 2.45) is 5.92 Å². The van der Waals surface area contributed by atoms with Crippen LogP contribution in [0.4, 0.5) is 0 Å². The van der Waals surface area contributed by atoms with Gasteiger partial charge in [0, 0.05) is 106 Å². The monoisotopic (exact) mass is 1690 g/mol. The standard InChI is InChI=1S/C89H172N8O13S4/c1-16-75(4)106-72-111-67-47-27-39-59-91(11)55-35-19-21-43-63-96(65-45-25-31-51-83(101)94(14)61-41-29-49-69-113-74-108-77(6)18-3)85(103)53-33-23-37-57-93(13)58-38-24-34-54-86(104)97(64-44-22-20-36-56-92(12)60-40-28-48-68-112-73-107-76(5)17-2)66-46-26-32-52-84(102)95(15)62-42-30-50-70-114-89-87(90-79(8)98)88(109-81(10)100)78(7)82(110-89)71-105-80(9)99/h75-78,82,87-89H,16-74H2,1-15H3,(H,90,98)/t75?,76?,77?,78-,82?,87?,88+,89-/m0/s1. The molecule has 1 rings (SSSR count). The lowest BCUT2D eigenvalue weighted by atomic mass is 9.89. The Labute approximate surface area is 714 Å². The fourth-order valence-corrected chi connectivity index (χ4v) is 17.6. The quantitative estimate of drug-likeness (QED) is 0.0341. The Morgan fingerprint density at radius 2 is 0.675 bits per heavy atom. The molecule has 0 aromatic rings. The van der Waals surface area contributed by atoms with E-state index < -0.39 is 35.6 Å². The third kappa shape index (κ3) is 61.7. The van der Waals surface area contributed by atoms with E-state index in [0.717, 1.165) is 274 Å². The molecule has 0 saturated carbocycles. The van der Waals surface area contributed by atoms with Crippen molar-refractivity contribution in [3.05, 3.63) is 0 Å². The summed E-state index contributed by atoms with van der Waals surface area (Å²) in [6, 6.07) is -0.573. The normalized spacial score (nSPS) is 16.5. The van der Waals surface area contributed by atoms with Crippen LogP contribution in [0.1, 0.15) is 320 Å². The summed E-state index contributed by atoms with van der Waals surface area (Å²) in [7, 11) is 10.5. The van der Waals surface area contributed by atoms with Crippen LogP contribution in [0.25, 0.3) is 0 Å². The first kappa shape index (κ1) is 109. The maximum atomic E-state index is 14.0. The van der Waals surface area contributed by atoms with Crippen LogP contribution in [0.3, 0.4) is 0 Å². The van der Waals surface area contributed by atoms with Gasteiger partial charge >= 0.3 is 11.9 Å². The van der Waals surface area contributed by atoms with Crippen molar-refractivity contribution in [3.63, 3.8) is 0 Å². The second-order valence-electron chi connectivity index (χ2n) is 32.7. The highest BCUT2D eigenvalue weighted by Gasteiger charge is 2.47. The highest BCUT2D eigenvalue weighted by molar-refractivity contribution is 8.00. The molecule has 670 valence electrons. The van der Waals surface area contributed by atoms with Crippen LogP contribution < -0.4 is 5.32 Å². The molecular weight excluding hydrogens is 1520 g/mol. The molecular formula is C89H172N8O13S4. The number of nitrogens with one attached hydrogen (secondary N) is 1. The Kier molecular flexibility index (Phi) is 71.3. The predicted molar refractivity (Wildman–Crippen MR) is 482 cm³/mol. The summed E-state index contributed by atoms with van der Waals surface area (Å²) in [6.07, 6.45) is 38.7. The molecule has 114 heavy (non-hydrogen) atoms. The first-order valence-electron chi connectivity index (χ1n) is 45.4. The second-order valence-corrected chi connectivity index (χ2v) is 37.1. The Morgan fingerprint density at radius 1 is 0.377 bits per heavy atom. The number of unbranched alkanes of at least 4 members (excludes halogenated alkanes) is 22. The van der Waals surface area contributed by atoms with Crippen LogP contribution in [0.15, 0.2) is 0 Å². The van der Waals surface area contributed by atoms with Gasteiger partial charge in [-0.25, -0.2) is 0 Å². The summed E-state index contributed by atoms with van der Waals surface area (Å²) in [5, 5.41) is 2.94. The van der Waals surface area contributed by atoms with Crippen LogP contribution in [0.2, 0.25) is 0 Å². The molecule has 1 N–H and O–H groups in total. The molecule has 5 unspecified atom stereocenters. The lowest BCUT2D eigenvalue weighted by Crippen LogP contribution is -2.61. The number of rotatable bonds is 79. The number of ether oxygens (including phenoxy) is 6. The van der Waals surface area contributed by atoms with Gasteiger partial charge < -0.3 is 68.0 Å². The fraction of sp³-hybridized carbons (Fsp3) is 0.921. The highest BCUT2D eigenvalue weighted by Crippen LogP contribution is 2.35. The molecule has 0 bridgehead atoms. The Hall–Kier alpha value is -2.59. The first-order valence-corrected chi connectivity index (χ1v) is 50.0.